The van der Waals surface area contributed by atoms with Gasteiger partial charge in [0.05, 0.1) is 5.69 Å². The molecule has 0 saturated heterocycles. The Kier molecular flexibility index (Phi) is 3.20. The summed E-state index contributed by atoms with van der Waals surface area (Å²) in [5.74, 6) is 0. The second-order valence-electron chi connectivity index (χ2n) is 4.53. The Morgan fingerprint density at radius 3 is 2.56 bits per heavy atom. The minimum absolute atomic E-state index is 0.549. The van der Waals surface area contributed by atoms with Crippen LogP contribution in [-0.2, 0) is 6.54 Å². The van der Waals surface area contributed by atoms with E-state index in [2.05, 4.69) is 55.0 Å². The third-order valence-corrected chi connectivity index (χ3v) is 2.98. The van der Waals surface area contributed by atoms with Gasteiger partial charge in [-0.3, -0.25) is 9.88 Å². The van der Waals surface area contributed by atoms with Crippen molar-refractivity contribution in [2.45, 2.75) is 26.4 Å². The van der Waals surface area contributed by atoms with E-state index in [-0.39, 0.29) is 0 Å². The molecule has 0 aliphatic heterocycles. The van der Waals surface area contributed by atoms with Gasteiger partial charge in [0.2, 0.25) is 0 Å². The first-order valence-corrected chi connectivity index (χ1v) is 5.71. The molecule has 0 bridgehead atoms. The van der Waals surface area contributed by atoms with Crippen LogP contribution in [0.25, 0.3) is 10.8 Å². The molecule has 2 nitrogen and oxygen atoms in total. The van der Waals surface area contributed by atoms with Gasteiger partial charge in [-0.1, -0.05) is 24.3 Å². The molecule has 0 fully saturated rings. The molecule has 0 N–H and O–H groups in total. The summed E-state index contributed by atoms with van der Waals surface area (Å²) in [5, 5.41) is 2.48. The summed E-state index contributed by atoms with van der Waals surface area (Å²) in [4.78, 5) is 6.78. The van der Waals surface area contributed by atoms with Crippen LogP contribution in [0.15, 0.2) is 36.5 Å². The van der Waals surface area contributed by atoms with Gasteiger partial charge in [-0.25, -0.2) is 0 Å². The average molecular weight is 214 g/mol. The summed E-state index contributed by atoms with van der Waals surface area (Å²) in [5.41, 5.74) is 1.13. The lowest BCUT2D eigenvalue weighted by Gasteiger charge is -2.20. The summed E-state index contributed by atoms with van der Waals surface area (Å²) >= 11 is 0. The molecule has 1 aromatic carbocycles. The lowest BCUT2D eigenvalue weighted by Crippen LogP contribution is -2.25. The third-order valence-electron chi connectivity index (χ3n) is 2.98. The number of nitrogens with zero attached hydrogens (tertiary/aromatic N) is 2. The predicted molar refractivity (Wildman–Crippen MR) is 68.3 cm³/mol. The van der Waals surface area contributed by atoms with E-state index < -0.39 is 0 Å². The van der Waals surface area contributed by atoms with Gasteiger partial charge in [0, 0.05) is 24.2 Å². The van der Waals surface area contributed by atoms with Crippen LogP contribution in [0.1, 0.15) is 19.5 Å². The highest BCUT2D eigenvalue weighted by atomic mass is 15.1. The lowest BCUT2D eigenvalue weighted by atomic mass is 10.1. The number of rotatable bonds is 3. The van der Waals surface area contributed by atoms with Gasteiger partial charge in [0.1, 0.15) is 0 Å². The van der Waals surface area contributed by atoms with E-state index in [1.807, 2.05) is 12.3 Å². The van der Waals surface area contributed by atoms with Crippen molar-refractivity contribution < 1.29 is 0 Å². The number of pyridine rings is 1. The molecule has 1 heterocycles. The van der Waals surface area contributed by atoms with Gasteiger partial charge >= 0.3 is 0 Å². The fraction of sp³-hybridized carbons (Fsp3) is 0.357. The minimum atomic E-state index is 0.549. The van der Waals surface area contributed by atoms with Crippen LogP contribution in [0.5, 0.6) is 0 Å². The van der Waals surface area contributed by atoms with E-state index in [9.17, 15) is 0 Å². The maximum Gasteiger partial charge on any atom is 0.0550 e. The summed E-state index contributed by atoms with van der Waals surface area (Å²) < 4.78 is 0. The molecule has 1 aromatic heterocycles. The van der Waals surface area contributed by atoms with Crippen molar-refractivity contribution in [3.8, 4) is 0 Å². The molecule has 84 valence electrons. The summed E-state index contributed by atoms with van der Waals surface area (Å²) in [6.45, 7) is 5.30. The summed E-state index contributed by atoms with van der Waals surface area (Å²) in [7, 11) is 2.13. The number of benzene rings is 1. The molecule has 0 atom stereocenters. The normalized spacial score (nSPS) is 11.6. The smallest absolute Gasteiger partial charge is 0.0550 e. The van der Waals surface area contributed by atoms with Crippen LogP contribution in [-0.4, -0.2) is 23.0 Å². The average Bonchev–Trinajstić information content (AvgIpc) is 2.28. The molecular formula is C14H18N2. The Hall–Kier alpha value is -1.41. The minimum Gasteiger partial charge on any atom is -0.298 e. The summed E-state index contributed by atoms with van der Waals surface area (Å²) in [6.07, 6.45) is 1.96. The molecule has 0 spiro atoms. The van der Waals surface area contributed by atoms with Gasteiger partial charge in [-0.2, -0.15) is 0 Å². The molecule has 16 heavy (non-hydrogen) atoms. The molecule has 0 aliphatic carbocycles. The van der Waals surface area contributed by atoms with Crippen molar-refractivity contribution in [2.75, 3.05) is 7.05 Å². The Morgan fingerprint density at radius 1 is 1.19 bits per heavy atom. The van der Waals surface area contributed by atoms with Gasteiger partial charge in [-0.05, 0) is 32.3 Å². The van der Waals surface area contributed by atoms with Crippen molar-refractivity contribution >= 4 is 10.8 Å². The van der Waals surface area contributed by atoms with Crippen molar-refractivity contribution in [1.82, 2.24) is 9.88 Å². The first kappa shape index (κ1) is 11.1. The van der Waals surface area contributed by atoms with E-state index in [0.29, 0.717) is 6.04 Å². The largest absolute Gasteiger partial charge is 0.298 e. The fourth-order valence-corrected chi connectivity index (χ4v) is 1.65. The van der Waals surface area contributed by atoms with E-state index in [4.69, 9.17) is 0 Å². The molecular weight excluding hydrogens is 196 g/mol. The first-order chi connectivity index (χ1) is 7.66. The molecule has 0 amide bonds. The van der Waals surface area contributed by atoms with E-state index >= 15 is 0 Å². The van der Waals surface area contributed by atoms with E-state index in [1.165, 1.54) is 10.8 Å². The Labute approximate surface area is 96.9 Å². The zero-order valence-corrected chi connectivity index (χ0v) is 10.1. The maximum atomic E-state index is 4.49. The molecule has 0 radical (unpaired) electrons. The van der Waals surface area contributed by atoms with Crippen molar-refractivity contribution in [3.63, 3.8) is 0 Å². The quantitative estimate of drug-likeness (QED) is 0.780. The Balaban J connectivity index is 2.26. The van der Waals surface area contributed by atoms with Gasteiger partial charge in [-0.15, -0.1) is 0 Å². The summed E-state index contributed by atoms with van der Waals surface area (Å²) in [6, 6.07) is 11.1. The van der Waals surface area contributed by atoms with Gasteiger partial charge in [0.25, 0.3) is 0 Å². The van der Waals surface area contributed by atoms with Crippen molar-refractivity contribution in [2.24, 2.45) is 0 Å². The standard InChI is InChI=1S/C14H18N2/c1-11(2)16(3)10-14-8-12-6-4-5-7-13(12)9-15-14/h4-9,11H,10H2,1-3H3. The fourth-order valence-electron chi connectivity index (χ4n) is 1.65. The SMILES string of the molecule is CC(C)N(C)Cc1cc2ccccc2cn1. The van der Waals surface area contributed by atoms with Crippen LogP contribution >= 0.6 is 0 Å². The van der Waals surface area contributed by atoms with Crippen molar-refractivity contribution in [1.29, 1.82) is 0 Å². The zero-order chi connectivity index (χ0) is 11.5. The highest BCUT2D eigenvalue weighted by Gasteiger charge is 2.05. The van der Waals surface area contributed by atoms with Crippen LogP contribution in [0.3, 0.4) is 0 Å². The number of aromatic nitrogens is 1. The second kappa shape index (κ2) is 4.62. The van der Waals surface area contributed by atoms with Gasteiger partial charge in [0.15, 0.2) is 0 Å². The lowest BCUT2D eigenvalue weighted by molar-refractivity contribution is 0.263. The van der Waals surface area contributed by atoms with Gasteiger partial charge < -0.3 is 0 Å². The Bertz CT molecular complexity index is 477. The highest BCUT2D eigenvalue weighted by molar-refractivity contribution is 5.81. The van der Waals surface area contributed by atoms with Crippen molar-refractivity contribution in [3.05, 3.63) is 42.2 Å². The molecule has 0 aliphatic rings. The Morgan fingerprint density at radius 2 is 1.88 bits per heavy atom. The topological polar surface area (TPSA) is 16.1 Å². The van der Waals surface area contributed by atoms with Crippen LogP contribution in [0.2, 0.25) is 0 Å². The molecule has 2 rings (SSSR count). The predicted octanol–water partition coefficient (Wildman–Crippen LogP) is 3.08. The van der Waals surface area contributed by atoms with E-state index in [0.717, 1.165) is 12.2 Å². The van der Waals surface area contributed by atoms with Crippen LogP contribution in [0, 0.1) is 0 Å². The number of hydrogen-bond donors (Lipinski definition) is 0. The molecule has 2 aromatic rings. The molecule has 0 unspecified atom stereocenters. The second-order valence-corrected chi connectivity index (χ2v) is 4.53. The first-order valence-electron chi connectivity index (χ1n) is 5.71. The zero-order valence-electron chi connectivity index (χ0n) is 10.1. The monoisotopic (exact) mass is 214 g/mol. The van der Waals surface area contributed by atoms with E-state index in [1.54, 1.807) is 0 Å². The van der Waals surface area contributed by atoms with Crippen LogP contribution in [0.4, 0.5) is 0 Å². The highest BCUT2D eigenvalue weighted by Crippen LogP contribution is 2.14. The number of hydrogen-bond acceptors (Lipinski definition) is 2. The maximum absolute atomic E-state index is 4.49. The molecule has 0 saturated carbocycles. The number of fused-ring (bicyclic) bond motifs is 1. The molecule has 2 heteroatoms. The third kappa shape index (κ3) is 2.39. The van der Waals surface area contributed by atoms with Crippen LogP contribution < -0.4 is 0 Å².